The summed E-state index contributed by atoms with van der Waals surface area (Å²) in [5, 5.41) is 17.4. The number of esters is 1. The van der Waals surface area contributed by atoms with Crippen molar-refractivity contribution >= 4 is 29.0 Å². The first-order valence-corrected chi connectivity index (χ1v) is 8.16. The minimum atomic E-state index is -0.559. The normalized spacial score (nSPS) is 10.2. The molecule has 0 fully saturated rings. The molecule has 0 radical (unpaired) electrons. The van der Waals surface area contributed by atoms with Gasteiger partial charge in [0.15, 0.2) is 0 Å². The molecule has 1 aromatic carbocycles. The standard InChI is InChI=1S/C18H16N6O4/c1-28-18(25)13-4-6-14(7-5-13)23-17-15(24(26)27)16(21-11-22-17)20-10-12-3-2-8-19-9-12/h2-9,11H,10H2,1H3,(H2,20,21,22,23). The first kappa shape index (κ1) is 18.7. The van der Waals surface area contributed by atoms with E-state index in [1.54, 1.807) is 42.7 Å². The Balaban J connectivity index is 1.82. The predicted octanol–water partition coefficient (Wildman–Crippen LogP) is 2.92. The predicted molar refractivity (Wildman–Crippen MR) is 101 cm³/mol. The van der Waals surface area contributed by atoms with E-state index in [2.05, 4.69) is 30.3 Å². The second kappa shape index (κ2) is 8.54. The van der Waals surface area contributed by atoms with E-state index < -0.39 is 10.9 Å². The molecule has 0 bridgehead atoms. The zero-order valence-corrected chi connectivity index (χ0v) is 14.8. The van der Waals surface area contributed by atoms with Crippen LogP contribution in [0.1, 0.15) is 15.9 Å². The van der Waals surface area contributed by atoms with E-state index in [0.717, 1.165) is 5.56 Å². The largest absolute Gasteiger partial charge is 0.465 e. The second-order valence-electron chi connectivity index (χ2n) is 5.59. The number of carbonyl (C=O) groups excluding carboxylic acids is 1. The molecule has 0 aliphatic heterocycles. The lowest BCUT2D eigenvalue weighted by Crippen LogP contribution is -2.08. The number of anilines is 3. The van der Waals surface area contributed by atoms with Crippen LogP contribution in [0.3, 0.4) is 0 Å². The van der Waals surface area contributed by atoms with Crippen molar-refractivity contribution in [1.29, 1.82) is 0 Å². The number of aromatic nitrogens is 3. The highest BCUT2D eigenvalue weighted by Crippen LogP contribution is 2.31. The van der Waals surface area contributed by atoms with Crippen molar-refractivity contribution in [3.8, 4) is 0 Å². The van der Waals surface area contributed by atoms with Gasteiger partial charge in [-0.1, -0.05) is 6.07 Å². The van der Waals surface area contributed by atoms with Gasteiger partial charge in [0.1, 0.15) is 6.33 Å². The summed E-state index contributed by atoms with van der Waals surface area (Å²) in [5.41, 5.74) is 1.45. The number of hydrogen-bond donors (Lipinski definition) is 2. The molecule has 2 heterocycles. The van der Waals surface area contributed by atoms with Gasteiger partial charge in [-0.2, -0.15) is 0 Å². The van der Waals surface area contributed by atoms with Crippen LogP contribution in [0.25, 0.3) is 0 Å². The number of nitrogens with one attached hydrogen (secondary N) is 2. The molecule has 0 saturated heterocycles. The summed E-state index contributed by atoms with van der Waals surface area (Å²) in [6, 6.07) is 9.90. The molecule has 2 aromatic heterocycles. The quantitative estimate of drug-likeness (QED) is 0.360. The molecular formula is C18H16N6O4. The van der Waals surface area contributed by atoms with Gasteiger partial charge in [-0.3, -0.25) is 15.1 Å². The fraction of sp³-hybridized carbons (Fsp3) is 0.111. The van der Waals surface area contributed by atoms with Gasteiger partial charge >= 0.3 is 11.7 Å². The van der Waals surface area contributed by atoms with Crippen molar-refractivity contribution in [3.05, 3.63) is 76.4 Å². The topological polar surface area (TPSA) is 132 Å². The molecule has 0 amide bonds. The Morgan fingerprint density at radius 1 is 1.18 bits per heavy atom. The van der Waals surface area contributed by atoms with E-state index >= 15 is 0 Å². The van der Waals surface area contributed by atoms with Gasteiger partial charge < -0.3 is 15.4 Å². The molecule has 0 aliphatic carbocycles. The molecule has 3 aromatic rings. The molecule has 28 heavy (non-hydrogen) atoms. The number of pyridine rings is 1. The summed E-state index contributed by atoms with van der Waals surface area (Å²) in [4.78, 5) is 34.5. The van der Waals surface area contributed by atoms with Crippen LogP contribution in [0.5, 0.6) is 0 Å². The average molecular weight is 380 g/mol. The Morgan fingerprint density at radius 2 is 1.93 bits per heavy atom. The Morgan fingerprint density at radius 3 is 2.57 bits per heavy atom. The van der Waals surface area contributed by atoms with Crippen LogP contribution in [0, 0.1) is 10.1 Å². The Hall–Kier alpha value is -4.08. The smallest absolute Gasteiger partial charge is 0.353 e. The van der Waals surface area contributed by atoms with Crippen molar-refractivity contribution in [3.63, 3.8) is 0 Å². The van der Waals surface area contributed by atoms with E-state index in [-0.39, 0.29) is 17.3 Å². The SMILES string of the molecule is COC(=O)c1ccc(Nc2ncnc(NCc3cccnc3)c2[N+](=O)[O-])cc1. The summed E-state index contributed by atoms with van der Waals surface area (Å²) in [6.45, 7) is 0.318. The summed E-state index contributed by atoms with van der Waals surface area (Å²) in [7, 11) is 1.29. The van der Waals surface area contributed by atoms with E-state index in [4.69, 9.17) is 0 Å². The van der Waals surface area contributed by atoms with Gasteiger partial charge in [-0.05, 0) is 35.9 Å². The highest BCUT2D eigenvalue weighted by atomic mass is 16.6. The molecule has 0 saturated carbocycles. The monoisotopic (exact) mass is 380 g/mol. The van der Waals surface area contributed by atoms with Crippen LogP contribution in [0.4, 0.5) is 23.0 Å². The van der Waals surface area contributed by atoms with Crippen molar-refractivity contribution in [2.45, 2.75) is 6.54 Å². The van der Waals surface area contributed by atoms with Gasteiger partial charge in [0, 0.05) is 24.6 Å². The number of benzene rings is 1. The van der Waals surface area contributed by atoms with Gasteiger partial charge in [0.25, 0.3) is 0 Å². The lowest BCUT2D eigenvalue weighted by molar-refractivity contribution is -0.383. The second-order valence-corrected chi connectivity index (χ2v) is 5.59. The first-order valence-electron chi connectivity index (χ1n) is 8.16. The summed E-state index contributed by atoms with van der Waals surface area (Å²) in [6.07, 6.45) is 4.52. The van der Waals surface area contributed by atoms with Gasteiger partial charge in [0.05, 0.1) is 17.6 Å². The zero-order valence-electron chi connectivity index (χ0n) is 14.8. The van der Waals surface area contributed by atoms with Crippen LogP contribution < -0.4 is 10.6 Å². The third kappa shape index (κ3) is 4.36. The highest BCUT2D eigenvalue weighted by molar-refractivity contribution is 5.89. The zero-order chi connectivity index (χ0) is 19.9. The number of nitrogens with zero attached hydrogens (tertiary/aromatic N) is 4. The lowest BCUT2D eigenvalue weighted by Gasteiger charge is -2.10. The number of rotatable bonds is 7. The number of carbonyl (C=O) groups is 1. The molecule has 0 spiro atoms. The summed E-state index contributed by atoms with van der Waals surface area (Å²) >= 11 is 0. The Labute approximate surface area is 159 Å². The summed E-state index contributed by atoms with van der Waals surface area (Å²) in [5.74, 6) is -0.363. The lowest BCUT2D eigenvalue weighted by atomic mass is 10.2. The molecule has 0 aliphatic rings. The minimum absolute atomic E-state index is 0.0273. The fourth-order valence-corrected chi connectivity index (χ4v) is 2.41. The molecule has 2 N–H and O–H groups in total. The first-order chi connectivity index (χ1) is 13.6. The van der Waals surface area contributed by atoms with E-state index in [0.29, 0.717) is 17.8 Å². The third-order valence-electron chi connectivity index (χ3n) is 3.76. The number of nitro groups is 1. The van der Waals surface area contributed by atoms with Crippen LogP contribution in [-0.4, -0.2) is 33.0 Å². The molecule has 3 rings (SSSR count). The van der Waals surface area contributed by atoms with E-state index in [9.17, 15) is 14.9 Å². The molecule has 10 heteroatoms. The van der Waals surface area contributed by atoms with Crippen LogP contribution in [0.2, 0.25) is 0 Å². The maximum absolute atomic E-state index is 11.6. The van der Waals surface area contributed by atoms with Crippen molar-refractivity contribution in [1.82, 2.24) is 15.0 Å². The minimum Gasteiger partial charge on any atom is -0.465 e. The molecular weight excluding hydrogens is 364 g/mol. The summed E-state index contributed by atoms with van der Waals surface area (Å²) < 4.78 is 4.64. The maximum atomic E-state index is 11.6. The van der Waals surface area contributed by atoms with Gasteiger partial charge in [0.2, 0.25) is 11.6 Å². The number of hydrogen-bond acceptors (Lipinski definition) is 9. The average Bonchev–Trinajstić information content (AvgIpc) is 2.73. The van der Waals surface area contributed by atoms with Crippen LogP contribution >= 0.6 is 0 Å². The third-order valence-corrected chi connectivity index (χ3v) is 3.76. The van der Waals surface area contributed by atoms with E-state index in [1.165, 1.54) is 13.4 Å². The van der Waals surface area contributed by atoms with Crippen molar-refractivity contribution < 1.29 is 14.5 Å². The number of ether oxygens (including phenoxy) is 1. The van der Waals surface area contributed by atoms with Crippen molar-refractivity contribution in [2.24, 2.45) is 0 Å². The number of methoxy groups -OCH3 is 1. The molecule has 142 valence electrons. The molecule has 0 atom stereocenters. The molecule has 10 nitrogen and oxygen atoms in total. The Kier molecular flexibility index (Phi) is 5.70. The fourth-order valence-electron chi connectivity index (χ4n) is 2.41. The van der Waals surface area contributed by atoms with Crippen molar-refractivity contribution in [2.75, 3.05) is 17.7 Å². The van der Waals surface area contributed by atoms with Crippen LogP contribution in [0.15, 0.2) is 55.1 Å². The van der Waals surface area contributed by atoms with E-state index in [1.807, 2.05) is 6.07 Å². The Bertz CT molecular complexity index is 979. The van der Waals surface area contributed by atoms with Gasteiger partial charge in [-0.25, -0.2) is 14.8 Å². The van der Waals surface area contributed by atoms with Crippen LogP contribution in [-0.2, 0) is 11.3 Å². The van der Waals surface area contributed by atoms with Gasteiger partial charge in [-0.15, -0.1) is 0 Å². The highest BCUT2D eigenvalue weighted by Gasteiger charge is 2.23. The maximum Gasteiger partial charge on any atom is 0.353 e. The molecule has 0 unspecified atom stereocenters.